The Hall–Kier alpha value is -0.380. The van der Waals surface area contributed by atoms with Crippen molar-refractivity contribution in [1.82, 2.24) is 0 Å². The van der Waals surface area contributed by atoms with Crippen LogP contribution in [0.25, 0.3) is 0 Å². The van der Waals surface area contributed by atoms with Crippen LogP contribution in [-0.4, -0.2) is 23.2 Å². The van der Waals surface area contributed by atoms with Gasteiger partial charge in [0.2, 0.25) is 0 Å². The lowest BCUT2D eigenvalue weighted by Gasteiger charge is -2.60. The highest BCUT2D eigenvalue weighted by atomic mass is 79.9. The molecule has 0 spiro atoms. The lowest BCUT2D eigenvalue weighted by Crippen LogP contribution is -2.54. The first-order chi connectivity index (χ1) is 11.9. The van der Waals surface area contributed by atoms with Crippen LogP contribution in [0.3, 0.4) is 0 Å². The van der Waals surface area contributed by atoms with Crippen LogP contribution in [-0.2, 0) is 14.3 Å². The van der Waals surface area contributed by atoms with E-state index in [0.717, 1.165) is 43.9 Å². The second-order valence-corrected chi connectivity index (χ2v) is 10.2. The molecule has 7 atom stereocenters. The molecule has 4 aliphatic rings. The molecule has 4 saturated carbocycles. The number of esters is 1. The third-order valence-electron chi connectivity index (χ3n) is 8.73. The Morgan fingerprint density at radius 3 is 2.68 bits per heavy atom. The van der Waals surface area contributed by atoms with Gasteiger partial charge in [-0.25, -0.2) is 0 Å². The zero-order valence-electron chi connectivity index (χ0n) is 15.6. The van der Waals surface area contributed by atoms with Gasteiger partial charge in [-0.1, -0.05) is 29.8 Å². The Morgan fingerprint density at radius 2 is 1.92 bits per heavy atom. The zero-order valence-corrected chi connectivity index (χ0v) is 17.1. The Balaban J connectivity index is 1.51. The molecule has 0 N–H and O–H groups in total. The zero-order chi connectivity index (χ0) is 17.8. The van der Waals surface area contributed by atoms with E-state index in [0.29, 0.717) is 28.4 Å². The van der Waals surface area contributed by atoms with Gasteiger partial charge in [0.1, 0.15) is 17.2 Å². The average molecular weight is 411 g/mol. The number of halogens is 1. The fourth-order valence-corrected chi connectivity index (χ4v) is 7.45. The minimum atomic E-state index is -0.125. The lowest BCUT2D eigenvalue weighted by molar-refractivity contribution is -0.159. The fraction of sp³-hybridized carbons (Fsp3) is 0.905. The molecule has 0 radical (unpaired) electrons. The first kappa shape index (κ1) is 18.0. The molecule has 4 aliphatic carbocycles. The van der Waals surface area contributed by atoms with E-state index in [2.05, 4.69) is 29.8 Å². The summed E-state index contributed by atoms with van der Waals surface area (Å²) in [5.74, 6) is 3.22. The number of ketones is 1. The predicted molar refractivity (Wildman–Crippen MR) is 100 cm³/mol. The van der Waals surface area contributed by atoms with Crippen LogP contribution in [0.4, 0.5) is 0 Å². The van der Waals surface area contributed by atoms with Crippen LogP contribution in [0.15, 0.2) is 0 Å². The second-order valence-electron chi connectivity index (χ2n) is 9.59. The van der Waals surface area contributed by atoms with Crippen LogP contribution >= 0.6 is 15.9 Å². The first-order valence-corrected chi connectivity index (χ1v) is 11.3. The number of alkyl halides is 1. The molecule has 2 unspecified atom stereocenters. The van der Waals surface area contributed by atoms with E-state index >= 15 is 0 Å². The highest BCUT2D eigenvalue weighted by Crippen LogP contribution is 2.65. The number of carbonyl (C=O) groups excluding carboxylic acids is 2. The molecule has 3 nitrogen and oxygen atoms in total. The fourth-order valence-electron chi connectivity index (χ4n) is 7.31. The van der Waals surface area contributed by atoms with Crippen LogP contribution in [0, 0.1) is 34.5 Å². The van der Waals surface area contributed by atoms with Gasteiger partial charge < -0.3 is 4.74 Å². The largest absolute Gasteiger partial charge is 0.462 e. The van der Waals surface area contributed by atoms with E-state index in [1.54, 1.807) is 0 Å². The summed E-state index contributed by atoms with van der Waals surface area (Å²) in [5.41, 5.74) is 0.361. The van der Waals surface area contributed by atoms with E-state index < -0.39 is 0 Å². The summed E-state index contributed by atoms with van der Waals surface area (Å²) in [6.45, 7) is 4.77. The summed E-state index contributed by atoms with van der Waals surface area (Å²) in [6.07, 6.45) is 10.1. The van der Waals surface area contributed by atoms with Crippen molar-refractivity contribution in [3.8, 4) is 0 Å². The number of Topliss-reactive ketones (excluding diaryl/α,β-unsaturated/α-hetero) is 1. The van der Waals surface area contributed by atoms with E-state index in [1.165, 1.54) is 25.7 Å². The molecule has 0 aromatic heterocycles. The monoisotopic (exact) mass is 410 g/mol. The van der Waals surface area contributed by atoms with Gasteiger partial charge in [0, 0.05) is 11.8 Å². The Kier molecular flexibility index (Phi) is 4.57. The molecule has 0 aliphatic heterocycles. The van der Waals surface area contributed by atoms with Gasteiger partial charge in [-0.3, -0.25) is 9.59 Å². The molecule has 0 bridgehead atoms. The van der Waals surface area contributed by atoms with E-state index in [-0.39, 0.29) is 17.5 Å². The summed E-state index contributed by atoms with van der Waals surface area (Å²) >= 11 is 3.20. The van der Waals surface area contributed by atoms with E-state index in [9.17, 15) is 9.59 Å². The molecule has 25 heavy (non-hydrogen) atoms. The molecule has 0 heterocycles. The van der Waals surface area contributed by atoms with Crippen LogP contribution < -0.4 is 0 Å². The SMILES string of the molecule is C[C@]12CCC(OC(=O)CBr)CC1CC[C@@H]1[C@@H]2CC[C@]2(C)C(=O)CC[C@@H]12. The van der Waals surface area contributed by atoms with Crippen LogP contribution in [0.2, 0.25) is 0 Å². The maximum atomic E-state index is 12.5. The minimum absolute atomic E-state index is 0.0209. The Bertz CT molecular complexity index is 575. The Labute approximate surface area is 159 Å². The quantitative estimate of drug-likeness (QED) is 0.479. The van der Waals surface area contributed by atoms with Crippen molar-refractivity contribution in [3.63, 3.8) is 0 Å². The lowest BCUT2D eigenvalue weighted by atomic mass is 9.45. The summed E-state index contributed by atoms with van der Waals surface area (Å²) in [6, 6.07) is 0. The van der Waals surface area contributed by atoms with Crippen molar-refractivity contribution in [2.24, 2.45) is 34.5 Å². The molecule has 4 fully saturated rings. The predicted octanol–water partition coefficient (Wildman–Crippen LogP) is 4.90. The summed E-state index contributed by atoms with van der Waals surface area (Å²) in [7, 11) is 0. The minimum Gasteiger partial charge on any atom is -0.462 e. The number of hydrogen-bond acceptors (Lipinski definition) is 3. The molecular weight excluding hydrogens is 380 g/mol. The van der Waals surface area contributed by atoms with Crippen molar-refractivity contribution in [3.05, 3.63) is 0 Å². The van der Waals surface area contributed by atoms with E-state index in [1.807, 2.05) is 0 Å². The highest BCUT2D eigenvalue weighted by molar-refractivity contribution is 9.09. The van der Waals surface area contributed by atoms with Gasteiger partial charge in [-0.2, -0.15) is 0 Å². The number of rotatable bonds is 2. The van der Waals surface area contributed by atoms with Crippen molar-refractivity contribution >= 4 is 27.7 Å². The van der Waals surface area contributed by atoms with Crippen molar-refractivity contribution < 1.29 is 14.3 Å². The number of hydrogen-bond donors (Lipinski definition) is 0. The number of carbonyl (C=O) groups is 2. The van der Waals surface area contributed by atoms with Crippen molar-refractivity contribution in [2.45, 2.75) is 77.7 Å². The standard InChI is InChI=1S/C21H31BrO3/c1-20-9-7-14(25-19(24)12-22)11-13(20)3-4-15-16-5-6-18(23)21(16,2)10-8-17(15)20/h13-17H,3-12H2,1-2H3/t13?,14?,15-,16-,17-,20-,21-/m0/s1. The smallest absolute Gasteiger partial charge is 0.316 e. The summed E-state index contributed by atoms with van der Waals surface area (Å²) in [4.78, 5) is 24.1. The second kappa shape index (κ2) is 6.35. The van der Waals surface area contributed by atoms with Crippen molar-refractivity contribution in [1.29, 1.82) is 0 Å². The average Bonchev–Trinajstić information content (AvgIpc) is 2.90. The number of fused-ring (bicyclic) bond motifs is 5. The molecule has 0 aromatic carbocycles. The highest BCUT2D eigenvalue weighted by Gasteiger charge is 2.60. The van der Waals surface area contributed by atoms with Gasteiger partial charge >= 0.3 is 5.97 Å². The molecule has 4 rings (SSSR count). The van der Waals surface area contributed by atoms with Crippen molar-refractivity contribution in [2.75, 3.05) is 5.33 Å². The molecule has 140 valence electrons. The Morgan fingerprint density at radius 1 is 1.12 bits per heavy atom. The van der Waals surface area contributed by atoms with Gasteiger partial charge in [-0.15, -0.1) is 0 Å². The summed E-state index contributed by atoms with van der Waals surface area (Å²) < 4.78 is 5.64. The van der Waals surface area contributed by atoms with Gasteiger partial charge in [0.25, 0.3) is 0 Å². The topological polar surface area (TPSA) is 43.4 Å². The maximum Gasteiger partial charge on any atom is 0.316 e. The molecule has 0 aromatic rings. The van der Waals surface area contributed by atoms with Crippen LogP contribution in [0.1, 0.15) is 71.6 Å². The number of ether oxygens (including phenoxy) is 1. The van der Waals surface area contributed by atoms with Gasteiger partial charge in [0.15, 0.2) is 0 Å². The van der Waals surface area contributed by atoms with E-state index in [4.69, 9.17) is 4.74 Å². The molecular formula is C21H31BrO3. The normalized spacial score (nSPS) is 49.1. The third-order valence-corrected chi connectivity index (χ3v) is 9.19. The molecule has 0 amide bonds. The molecule has 4 heteroatoms. The van der Waals surface area contributed by atoms with Gasteiger partial charge in [0.05, 0.1) is 0 Å². The van der Waals surface area contributed by atoms with Crippen LogP contribution in [0.5, 0.6) is 0 Å². The van der Waals surface area contributed by atoms with Gasteiger partial charge in [-0.05, 0) is 80.5 Å². The summed E-state index contributed by atoms with van der Waals surface area (Å²) in [5, 5.41) is 0.296. The molecule has 0 saturated heterocycles. The first-order valence-electron chi connectivity index (χ1n) is 10.2. The maximum absolute atomic E-state index is 12.5. The third kappa shape index (κ3) is 2.73.